The van der Waals surface area contributed by atoms with Gasteiger partial charge in [-0.15, -0.1) is 0 Å². The Balaban J connectivity index is 1.55. The molecule has 3 N–H and O–H groups in total. The van der Waals surface area contributed by atoms with Gasteiger partial charge in [-0.1, -0.05) is 11.6 Å². The number of anilines is 2. The topological polar surface area (TPSA) is 152 Å². The van der Waals surface area contributed by atoms with E-state index in [1.54, 1.807) is 39.5 Å². The Kier molecular flexibility index (Phi) is 6.37. The minimum atomic E-state index is -0.690. The highest BCUT2D eigenvalue weighted by molar-refractivity contribution is 6.35. The van der Waals surface area contributed by atoms with Gasteiger partial charge in [0, 0.05) is 31.0 Å². The van der Waals surface area contributed by atoms with Crippen LogP contribution in [0, 0.1) is 35.9 Å². The Morgan fingerprint density at radius 2 is 1.95 bits per heavy atom. The number of carbonyl (C=O) groups excluding carboxylic acids is 1. The lowest BCUT2D eigenvalue weighted by Gasteiger charge is -2.27. The number of ether oxygens (including phenoxy) is 1. The molecule has 2 aromatic heterocycles. The van der Waals surface area contributed by atoms with Crippen LogP contribution in [0.1, 0.15) is 56.9 Å². The molecule has 1 amide bonds. The quantitative estimate of drug-likeness (QED) is 0.488. The second-order valence-corrected chi connectivity index (χ2v) is 11.4. The smallest absolute Gasteiger partial charge is 0.410 e. The standard InChI is InChI=1S/C26H28ClFN8O3/c1-11-13(8-29)21(34-24(30)32-11)31-12(2)22-33-19-17(28)7-6-16(27)18(19)23(37)36(22)20-14-9-35(10-15(14)20)25(38)39-26(3,4)5/h6-7,12,14-15,20H,9-10H2,1-5H3,(H3,30,31,32,34)/t12-,14-,15+,20?/m0/s1. The third kappa shape index (κ3) is 4.71. The van der Waals surface area contributed by atoms with E-state index in [1.807, 2.05) is 0 Å². The number of fused-ring (bicyclic) bond motifs is 2. The first-order valence-electron chi connectivity index (χ1n) is 12.5. The van der Waals surface area contributed by atoms with Crippen LogP contribution in [0.25, 0.3) is 10.9 Å². The SMILES string of the molecule is Cc1nc(N)nc(N[C@@H](C)c2nc3c(F)ccc(Cl)c3c(=O)n2C2[C@H]3CN(C(=O)OC(C)(C)C)C[C@@H]23)c1C#N. The van der Waals surface area contributed by atoms with E-state index in [9.17, 15) is 19.2 Å². The van der Waals surface area contributed by atoms with Crippen molar-refractivity contribution in [2.45, 2.75) is 52.3 Å². The van der Waals surface area contributed by atoms with Crippen LogP contribution in [0.3, 0.4) is 0 Å². The van der Waals surface area contributed by atoms with E-state index in [0.717, 1.165) is 6.07 Å². The minimum absolute atomic E-state index is 0.0126. The highest BCUT2D eigenvalue weighted by atomic mass is 35.5. The molecule has 3 aromatic rings. The molecule has 0 spiro atoms. The molecule has 4 atom stereocenters. The molecule has 0 bridgehead atoms. The van der Waals surface area contributed by atoms with E-state index in [-0.39, 0.29) is 57.0 Å². The predicted octanol–water partition coefficient (Wildman–Crippen LogP) is 3.95. The fourth-order valence-electron chi connectivity index (χ4n) is 5.30. The molecule has 1 unspecified atom stereocenters. The van der Waals surface area contributed by atoms with Gasteiger partial charge in [0.05, 0.1) is 22.1 Å². The van der Waals surface area contributed by atoms with E-state index in [0.29, 0.717) is 18.8 Å². The fraction of sp³-hybridized carbons (Fsp3) is 0.462. The molecule has 1 aliphatic heterocycles. The molecule has 1 saturated heterocycles. The molecular formula is C26H28ClFN8O3. The fourth-order valence-corrected chi connectivity index (χ4v) is 5.53. The van der Waals surface area contributed by atoms with Crippen LogP contribution in [0.5, 0.6) is 0 Å². The Hall–Kier alpha value is -3.98. The molecule has 5 rings (SSSR count). The molecule has 1 aliphatic carbocycles. The Morgan fingerprint density at radius 3 is 2.56 bits per heavy atom. The van der Waals surface area contributed by atoms with E-state index in [2.05, 4.69) is 26.3 Å². The Bertz CT molecular complexity index is 1600. The molecule has 1 aromatic carbocycles. The number of halogens is 2. The maximum atomic E-state index is 14.9. The summed E-state index contributed by atoms with van der Waals surface area (Å²) in [6, 6.07) is 3.59. The largest absolute Gasteiger partial charge is 0.444 e. The van der Waals surface area contributed by atoms with Gasteiger partial charge < -0.3 is 20.7 Å². The van der Waals surface area contributed by atoms with Gasteiger partial charge in [-0.3, -0.25) is 9.36 Å². The first-order chi connectivity index (χ1) is 18.3. The van der Waals surface area contributed by atoms with Crippen molar-refractivity contribution in [1.29, 1.82) is 5.26 Å². The van der Waals surface area contributed by atoms with Gasteiger partial charge in [-0.05, 0) is 46.8 Å². The van der Waals surface area contributed by atoms with Gasteiger partial charge >= 0.3 is 6.09 Å². The lowest BCUT2D eigenvalue weighted by atomic mass is 10.2. The summed E-state index contributed by atoms with van der Waals surface area (Å²) in [6.45, 7) is 9.60. The average molecular weight is 555 g/mol. The van der Waals surface area contributed by atoms with Gasteiger partial charge in [0.25, 0.3) is 5.56 Å². The van der Waals surface area contributed by atoms with Crippen LogP contribution in [-0.4, -0.2) is 49.2 Å². The Labute approximate surface area is 228 Å². The molecule has 0 radical (unpaired) electrons. The van der Waals surface area contributed by atoms with Crippen LogP contribution in [0.4, 0.5) is 21.0 Å². The van der Waals surface area contributed by atoms with Crippen LogP contribution in [-0.2, 0) is 4.74 Å². The van der Waals surface area contributed by atoms with Crippen LogP contribution in [0.15, 0.2) is 16.9 Å². The van der Waals surface area contributed by atoms with Crippen molar-refractivity contribution >= 4 is 40.4 Å². The summed E-state index contributed by atoms with van der Waals surface area (Å²) >= 11 is 6.34. The number of rotatable bonds is 4. The zero-order valence-electron chi connectivity index (χ0n) is 22.1. The number of nitrogen functional groups attached to an aromatic ring is 1. The van der Waals surface area contributed by atoms with Gasteiger partial charge in [-0.25, -0.2) is 19.2 Å². The molecule has 39 heavy (non-hydrogen) atoms. The number of nitriles is 1. The zero-order valence-corrected chi connectivity index (χ0v) is 22.9. The number of likely N-dealkylation sites (tertiary alicyclic amines) is 1. The molecule has 204 valence electrons. The third-order valence-corrected chi connectivity index (χ3v) is 7.36. The first-order valence-corrected chi connectivity index (χ1v) is 12.9. The second-order valence-electron chi connectivity index (χ2n) is 11.0. The summed E-state index contributed by atoms with van der Waals surface area (Å²) in [5.74, 6) is -0.315. The monoisotopic (exact) mass is 554 g/mol. The van der Waals surface area contributed by atoms with Gasteiger partial charge in [-0.2, -0.15) is 10.2 Å². The minimum Gasteiger partial charge on any atom is -0.444 e. The number of amides is 1. The molecule has 2 fully saturated rings. The van der Waals surface area contributed by atoms with Crippen molar-refractivity contribution < 1.29 is 13.9 Å². The number of hydrogen-bond acceptors (Lipinski definition) is 9. The number of aromatic nitrogens is 4. The maximum Gasteiger partial charge on any atom is 0.410 e. The van der Waals surface area contributed by atoms with Gasteiger partial charge in [0.15, 0.2) is 0 Å². The number of aryl methyl sites for hydroxylation is 1. The normalized spacial score (nSPS) is 20.9. The average Bonchev–Trinajstić information content (AvgIpc) is 3.29. The predicted molar refractivity (Wildman–Crippen MR) is 143 cm³/mol. The third-order valence-electron chi connectivity index (χ3n) is 7.04. The summed E-state index contributed by atoms with van der Waals surface area (Å²) in [6.07, 6.45) is -0.404. The number of carbonyl (C=O) groups is 1. The summed E-state index contributed by atoms with van der Waals surface area (Å²) in [7, 11) is 0. The number of benzene rings is 1. The van der Waals surface area contributed by atoms with Gasteiger partial charge in [0.1, 0.15) is 40.2 Å². The zero-order chi connectivity index (χ0) is 28.4. The number of piperidine rings is 1. The molecular weight excluding hydrogens is 527 g/mol. The lowest BCUT2D eigenvalue weighted by molar-refractivity contribution is 0.0266. The summed E-state index contributed by atoms with van der Waals surface area (Å²) < 4.78 is 21.9. The maximum absolute atomic E-state index is 14.9. The Morgan fingerprint density at radius 1 is 1.28 bits per heavy atom. The van der Waals surface area contributed by atoms with E-state index >= 15 is 0 Å². The van der Waals surface area contributed by atoms with Gasteiger partial charge in [0.2, 0.25) is 5.95 Å². The number of nitrogens with zero attached hydrogens (tertiary/aromatic N) is 6. The van der Waals surface area contributed by atoms with Crippen molar-refractivity contribution in [3.63, 3.8) is 0 Å². The molecule has 1 saturated carbocycles. The lowest BCUT2D eigenvalue weighted by Crippen LogP contribution is -2.38. The highest BCUT2D eigenvalue weighted by Gasteiger charge is 2.59. The van der Waals surface area contributed by atoms with Crippen molar-refractivity contribution in [3.05, 3.63) is 50.4 Å². The van der Waals surface area contributed by atoms with Crippen molar-refractivity contribution in [1.82, 2.24) is 24.4 Å². The van der Waals surface area contributed by atoms with E-state index in [4.69, 9.17) is 22.1 Å². The van der Waals surface area contributed by atoms with E-state index in [1.165, 1.54) is 10.6 Å². The van der Waals surface area contributed by atoms with Crippen LogP contribution in [0.2, 0.25) is 5.02 Å². The number of nitrogens with one attached hydrogen (secondary N) is 1. The molecule has 3 heterocycles. The molecule has 2 aliphatic rings. The van der Waals surface area contributed by atoms with Crippen molar-refractivity contribution in [2.75, 3.05) is 24.1 Å². The van der Waals surface area contributed by atoms with Crippen LogP contribution >= 0.6 is 11.6 Å². The molecule has 13 heteroatoms. The van der Waals surface area contributed by atoms with E-state index < -0.39 is 29.1 Å². The highest BCUT2D eigenvalue weighted by Crippen LogP contribution is 2.55. The summed E-state index contributed by atoms with van der Waals surface area (Å²) in [4.78, 5) is 40.8. The number of nitrogens with two attached hydrogens (primary N) is 1. The second kappa shape index (κ2) is 9.34. The molecule has 11 nitrogen and oxygen atoms in total. The summed E-state index contributed by atoms with van der Waals surface area (Å²) in [5, 5.41) is 12.8. The number of hydrogen-bond donors (Lipinski definition) is 2. The summed E-state index contributed by atoms with van der Waals surface area (Å²) in [5.41, 5.74) is 5.14. The van der Waals surface area contributed by atoms with Crippen LogP contribution < -0.4 is 16.6 Å². The van der Waals surface area contributed by atoms with Crippen molar-refractivity contribution in [3.8, 4) is 6.07 Å². The van der Waals surface area contributed by atoms with Crippen molar-refractivity contribution in [2.24, 2.45) is 11.8 Å². The first kappa shape index (κ1) is 26.6.